The van der Waals surface area contributed by atoms with Crippen LogP contribution in [0.3, 0.4) is 0 Å². The molecule has 0 aromatic heterocycles. The lowest BCUT2D eigenvalue weighted by Crippen LogP contribution is -2.54. The minimum Gasteiger partial charge on any atom is -0.503 e. The molecule has 1 aliphatic heterocycles. The van der Waals surface area contributed by atoms with E-state index in [4.69, 9.17) is 27.9 Å². The average Bonchev–Trinajstić information content (AvgIpc) is 2.63. The molecule has 2 aromatic rings. The van der Waals surface area contributed by atoms with Crippen molar-refractivity contribution in [3.8, 4) is 11.5 Å². The summed E-state index contributed by atoms with van der Waals surface area (Å²) >= 11 is 11.9. The van der Waals surface area contributed by atoms with Crippen molar-refractivity contribution in [1.29, 1.82) is 0 Å². The van der Waals surface area contributed by atoms with E-state index < -0.39 is 17.8 Å². The summed E-state index contributed by atoms with van der Waals surface area (Å²) in [6, 6.07) is 8.02. The molecule has 9 heteroatoms. The molecule has 0 aliphatic carbocycles. The molecule has 2 N–H and O–H groups in total. The van der Waals surface area contributed by atoms with Crippen LogP contribution in [-0.2, 0) is 9.59 Å². The number of carbonyl (C=O) groups excluding carboxylic acids is 3. The van der Waals surface area contributed by atoms with Crippen LogP contribution in [0.25, 0.3) is 6.08 Å². The van der Waals surface area contributed by atoms with Crippen molar-refractivity contribution >= 4 is 52.8 Å². The van der Waals surface area contributed by atoms with Gasteiger partial charge in [0.05, 0.1) is 17.3 Å². The number of benzene rings is 2. The van der Waals surface area contributed by atoms with E-state index in [2.05, 4.69) is 5.32 Å². The zero-order chi connectivity index (χ0) is 20.4. The van der Waals surface area contributed by atoms with E-state index in [0.29, 0.717) is 10.6 Å². The second kappa shape index (κ2) is 7.92. The fourth-order valence-electron chi connectivity index (χ4n) is 2.62. The first-order valence-electron chi connectivity index (χ1n) is 8.14. The van der Waals surface area contributed by atoms with Gasteiger partial charge >= 0.3 is 6.03 Å². The Bertz CT molecular complexity index is 1020. The molecule has 4 amide bonds. The van der Waals surface area contributed by atoms with E-state index in [-0.39, 0.29) is 34.4 Å². The maximum atomic E-state index is 12.8. The molecule has 144 valence electrons. The second-order valence-electron chi connectivity index (χ2n) is 5.72. The lowest BCUT2D eigenvalue weighted by molar-refractivity contribution is -0.122. The van der Waals surface area contributed by atoms with Crippen LogP contribution in [0.5, 0.6) is 11.5 Å². The number of amides is 4. The number of ether oxygens (including phenoxy) is 1. The van der Waals surface area contributed by atoms with E-state index in [1.54, 1.807) is 19.1 Å². The van der Waals surface area contributed by atoms with E-state index in [0.717, 1.165) is 4.90 Å². The Morgan fingerprint density at radius 3 is 2.61 bits per heavy atom. The molecule has 0 bridgehead atoms. The summed E-state index contributed by atoms with van der Waals surface area (Å²) in [6.45, 7) is 2.01. The van der Waals surface area contributed by atoms with Crippen molar-refractivity contribution in [2.75, 3.05) is 11.5 Å². The fourth-order valence-corrected chi connectivity index (χ4v) is 3.02. The first-order chi connectivity index (χ1) is 13.3. The summed E-state index contributed by atoms with van der Waals surface area (Å²) in [6.07, 6.45) is 1.26. The number of nitrogens with one attached hydrogen (secondary N) is 1. The van der Waals surface area contributed by atoms with Crippen LogP contribution in [-0.4, -0.2) is 29.6 Å². The standard InChI is InChI=1S/C19H14Cl2N2O5/c1-2-28-15-8-10(7-14(21)16(15)24)6-13-17(25)22-19(27)23(18(13)26)12-5-3-4-11(20)9-12/h3-9,24H,2H2,1H3,(H,22,25,27). The van der Waals surface area contributed by atoms with Crippen LogP contribution >= 0.6 is 23.2 Å². The number of phenols is 1. The van der Waals surface area contributed by atoms with Crippen LogP contribution in [0, 0.1) is 0 Å². The number of nitrogens with zero attached hydrogens (tertiary/aromatic N) is 1. The lowest BCUT2D eigenvalue weighted by Gasteiger charge is -2.26. The third kappa shape index (κ3) is 3.81. The number of hydrogen-bond donors (Lipinski definition) is 2. The summed E-state index contributed by atoms with van der Waals surface area (Å²) < 4.78 is 5.29. The monoisotopic (exact) mass is 420 g/mol. The summed E-state index contributed by atoms with van der Waals surface area (Å²) in [7, 11) is 0. The molecule has 1 heterocycles. The Hall–Kier alpha value is -3.03. The van der Waals surface area contributed by atoms with E-state index in [1.165, 1.54) is 30.3 Å². The molecule has 3 rings (SSSR count). The second-order valence-corrected chi connectivity index (χ2v) is 6.56. The van der Waals surface area contributed by atoms with Gasteiger partial charge in [0.15, 0.2) is 11.5 Å². The smallest absolute Gasteiger partial charge is 0.335 e. The van der Waals surface area contributed by atoms with Gasteiger partial charge in [-0.1, -0.05) is 29.3 Å². The number of hydrogen-bond acceptors (Lipinski definition) is 5. The van der Waals surface area contributed by atoms with Crippen LogP contribution in [0.1, 0.15) is 12.5 Å². The maximum Gasteiger partial charge on any atom is 0.335 e. The van der Waals surface area contributed by atoms with Gasteiger partial charge in [0.2, 0.25) is 0 Å². The minimum atomic E-state index is -0.881. The Kier molecular flexibility index (Phi) is 5.58. The number of rotatable bonds is 4. The first-order valence-corrected chi connectivity index (χ1v) is 8.89. The third-order valence-electron chi connectivity index (χ3n) is 3.83. The number of halogens is 2. The molecule has 0 unspecified atom stereocenters. The molecule has 7 nitrogen and oxygen atoms in total. The molecule has 1 fully saturated rings. The Morgan fingerprint density at radius 2 is 1.93 bits per heavy atom. The Labute approximate surface area is 170 Å². The number of barbiturate groups is 1. The van der Waals surface area contributed by atoms with Gasteiger partial charge in [0, 0.05) is 5.02 Å². The van der Waals surface area contributed by atoms with Gasteiger partial charge in [-0.15, -0.1) is 0 Å². The predicted molar refractivity (Wildman–Crippen MR) is 105 cm³/mol. The highest BCUT2D eigenvalue weighted by Crippen LogP contribution is 2.36. The van der Waals surface area contributed by atoms with Crippen molar-refractivity contribution in [3.63, 3.8) is 0 Å². The minimum absolute atomic E-state index is 0.00996. The highest BCUT2D eigenvalue weighted by Gasteiger charge is 2.36. The number of anilines is 1. The molecule has 0 spiro atoms. The average molecular weight is 421 g/mol. The molecule has 1 aliphatic rings. The topological polar surface area (TPSA) is 95.9 Å². The van der Waals surface area contributed by atoms with Gasteiger partial charge < -0.3 is 9.84 Å². The largest absolute Gasteiger partial charge is 0.503 e. The fraction of sp³-hybridized carbons (Fsp3) is 0.105. The van der Waals surface area contributed by atoms with Gasteiger partial charge in [-0.2, -0.15) is 0 Å². The van der Waals surface area contributed by atoms with Crippen molar-refractivity contribution < 1.29 is 24.2 Å². The SMILES string of the molecule is CCOc1cc(C=C2C(=O)NC(=O)N(c3cccc(Cl)c3)C2=O)cc(Cl)c1O. The normalized spacial score (nSPS) is 15.8. The highest BCUT2D eigenvalue weighted by molar-refractivity contribution is 6.39. The molecular formula is C19H14Cl2N2O5. The Balaban J connectivity index is 2.04. The maximum absolute atomic E-state index is 12.8. The van der Waals surface area contributed by atoms with Crippen LogP contribution in [0.15, 0.2) is 42.0 Å². The summed E-state index contributed by atoms with van der Waals surface area (Å²) in [4.78, 5) is 38.1. The van der Waals surface area contributed by atoms with E-state index >= 15 is 0 Å². The quantitative estimate of drug-likeness (QED) is 0.579. The number of aromatic hydroxyl groups is 1. The van der Waals surface area contributed by atoms with Gasteiger partial charge in [0.1, 0.15) is 5.57 Å². The molecule has 0 atom stereocenters. The van der Waals surface area contributed by atoms with Crippen molar-refractivity contribution in [1.82, 2.24) is 5.32 Å². The van der Waals surface area contributed by atoms with E-state index in [9.17, 15) is 19.5 Å². The summed E-state index contributed by atoms with van der Waals surface area (Å²) in [5.74, 6) is -1.82. The van der Waals surface area contributed by atoms with Crippen LogP contribution in [0.2, 0.25) is 10.0 Å². The molecular weight excluding hydrogens is 407 g/mol. The molecule has 28 heavy (non-hydrogen) atoms. The van der Waals surface area contributed by atoms with E-state index in [1.807, 2.05) is 0 Å². The lowest BCUT2D eigenvalue weighted by atomic mass is 10.1. The molecule has 0 saturated carbocycles. The number of phenolic OH excluding ortho intramolecular Hbond substituents is 1. The van der Waals surface area contributed by atoms with Crippen LogP contribution in [0.4, 0.5) is 10.5 Å². The van der Waals surface area contributed by atoms with Gasteiger partial charge in [0.25, 0.3) is 11.8 Å². The van der Waals surface area contributed by atoms with Crippen molar-refractivity contribution in [2.45, 2.75) is 6.92 Å². The van der Waals surface area contributed by atoms with Gasteiger partial charge in [-0.05, 0) is 48.9 Å². The van der Waals surface area contributed by atoms with Crippen molar-refractivity contribution in [3.05, 3.63) is 57.6 Å². The van der Waals surface area contributed by atoms with Gasteiger partial charge in [-0.3, -0.25) is 14.9 Å². The number of urea groups is 1. The first kappa shape index (κ1) is 19.7. The zero-order valence-electron chi connectivity index (χ0n) is 14.5. The summed E-state index contributed by atoms with van der Waals surface area (Å²) in [5.41, 5.74) is 0.265. The molecule has 0 radical (unpaired) electrons. The summed E-state index contributed by atoms with van der Waals surface area (Å²) in [5, 5.41) is 12.4. The van der Waals surface area contributed by atoms with Crippen LogP contribution < -0.4 is 15.0 Å². The predicted octanol–water partition coefficient (Wildman–Crippen LogP) is 3.76. The van der Waals surface area contributed by atoms with Gasteiger partial charge in [-0.25, -0.2) is 9.69 Å². The highest BCUT2D eigenvalue weighted by atomic mass is 35.5. The third-order valence-corrected chi connectivity index (χ3v) is 4.35. The Morgan fingerprint density at radius 1 is 1.18 bits per heavy atom. The molecule has 1 saturated heterocycles. The number of carbonyl (C=O) groups is 3. The zero-order valence-corrected chi connectivity index (χ0v) is 16.0. The van der Waals surface area contributed by atoms with Crippen molar-refractivity contribution in [2.24, 2.45) is 0 Å². The number of imide groups is 2. The molecule has 2 aromatic carbocycles.